The molecule has 0 saturated carbocycles. The predicted octanol–water partition coefficient (Wildman–Crippen LogP) is 4.07. The molecular weight excluding hydrogens is 245 g/mol. The van der Waals surface area contributed by atoms with Crippen LogP contribution in [-0.4, -0.2) is 22.9 Å². The zero-order valence-electron chi connectivity index (χ0n) is 11.5. The molecule has 0 N–H and O–H groups in total. The van der Waals surface area contributed by atoms with Gasteiger partial charge in [-0.1, -0.05) is 37.3 Å². The number of rotatable bonds is 3. The third kappa shape index (κ3) is 2.27. The number of benzene rings is 1. The first-order valence-electron chi connectivity index (χ1n) is 6.61. The van der Waals surface area contributed by atoms with Crippen molar-refractivity contribution in [1.82, 2.24) is 4.67 Å². The van der Waals surface area contributed by atoms with E-state index in [1.54, 1.807) is 0 Å². The SMILES string of the molecule is CC[P@@]1(=O)O[C@H](c2ccccc2)[C@@H](C)N1C(C)C. The van der Waals surface area contributed by atoms with Crippen molar-refractivity contribution < 1.29 is 9.09 Å². The summed E-state index contributed by atoms with van der Waals surface area (Å²) in [6.45, 7) is 8.20. The Morgan fingerprint density at radius 1 is 1.33 bits per heavy atom. The first-order valence-corrected chi connectivity index (χ1v) is 8.37. The van der Waals surface area contributed by atoms with Gasteiger partial charge in [0, 0.05) is 18.2 Å². The van der Waals surface area contributed by atoms with Crippen molar-refractivity contribution in [2.45, 2.75) is 45.9 Å². The maximum atomic E-state index is 12.9. The largest absolute Gasteiger partial charge is 0.308 e. The van der Waals surface area contributed by atoms with Gasteiger partial charge in [-0.15, -0.1) is 0 Å². The van der Waals surface area contributed by atoms with E-state index in [2.05, 4.69) is 25.4 Å². The summed E-state index contributed by atoms with van der Waals surface area (Å²) in [4.78, 5) is 0. The molecule has 0 radical (unpaired) electrons. The van der Waals surface area contributed by atoms with Gasteiger partial charge in [0.1, 0.15) is 6.10 Å². The van der Waals surface area contributed by atoms with Crippen LogP contribution < -0.4 is 0 Å². The van der Waals surface area contributed by atoms with Gasteiger partial charge in [-0.2, -0.15) is 0 Å². The molecule has 1 aromatic rings. The first-order chi connectivity index (χ1) is 8.49. The topological polar surface area (TPSA) is 29.5 Å². The normalized spacial score (nSPS) is 33.2. The lowest BCUT2D eigenvalue weighted by Crippen LogP contribution is -2.33. The second kappa shape index (κ2) is 5.16. The van der Waals surface area contributed by atoms with Gasteiger partial charge in [0.2, 0.25) is 0 Å². The number of hydrogen-bond donors (Lipinski definition) is 0. The Balaban J connectivity index is 2.35. The van der Waals surface area contributed by atoms with Crippen LogP contribution in [0.1, 0.15) is 39.4 Å². The molecule has 0 spiro atoms. The molecule has 0 unspecified atom stereocenters. The summed E-state index contributed by atoms with van der Waals surface area (Å²) < 4.78 is 20.9. The minimum Gasteiger partial charge on any atom is -0.308 e. The third-order valence-electron chi connectivity index (χ3n) is 3.54. The highest BCUT2D eigenvalue weighted by atomic mass is 31.2. The fourth-order valence-electron chi connectivity index (χ4n) is 2.78. The molecule has 0 bridgehead atoms. The summed E-state index contributed by atoms with van der Waals surface area (Å²) in [6.07, 6.45) is 0.484. The lowest BCUT2D eigenvalue weighted by Gasteiger charge is -2.28. The van der Waals surface area contributed by atoms with E-state index < -0.39 is 7.52 Å². The van der Waals surface area contributed by atoms with Crippen LogP contribution in [0.25, 0.3) is 0 Å². The molecule has 1 heterocycles. The minimum atomic E-state index is -2.66. The molecule has 1 fully saturated rings. The molecule has 1 aliphatic rings. The molecule has 3 nitrogen and oxygen atoms in total. The van der Waals surface area contributed by atoms with Gasteiger partial charge in [0.15, 0.2) is 0 Å². The summed E-state index contributed by atoms with van der Waals surface area (Å²) in [6, 6.07) is 10.5. The average Bonchev–Trinajstić information content (AvgIpc) is 2.63. The number of nitrogens with zero attached hydrogens (tertiary/aromatic N) is 1. The Labute approximate surface area is 110 Å². The van der Waals surface area contributed by atoms with E-state index in [1.807, 2.05) is 37.3 Å². The zero-order chi connectivity index (χ0) is 13.3. The predicted molar refractivity (Wildman–Crippen MR) is 74.9 cm³/mol. The summed E-state index contributed by atoms with van der Waals surface area (Å²) >= 11 is 0. The van der Waals surface area contributed by atoms with E-state index in [4.69, 9.17) is 4.52 Å². The first kappa shape index (κ1) is 13.8. The molecule has 0 amide bonds. The van der Waals surface area contributed by atoms with E-state index in [1.165, 1.54) is 0 Å². The van der Waals surface area contributed by atoms with Crippen molar-refractivity contribution in [3.63, 3.8) is 0 Å². The molecule has 1 aliphatic heterocycles. The van der Waals surface area contributed by atoms with Crippen molar-refractivity contribution in [3.8, 4) is 0 Å². The van der Waals surface area contributed by atoms with Crippen molar-refractivity contribution >= 4 is 7.52 Å². The standard InChI is InChI=1S/C14H22NO2P/c1-5-18(16)15(11(2)3)12(4)14(17-18)13-9-7-6-8-10-13/h6-12,14H,5H2,1-4H3/t12-,14+,18-/m1/s1. The Morgan fingerprint density at radius 2 is 1.94 bits per heavy atom. The third-order valence-corrected chi connectivity index (χ3v) is 6.43. The lowest BCUT2D eigenvalue weighted by molar-refractivity contribution is 0.197. The van der Waals surface area contributed by atoms with Crippen molar-refractivity contribution in [1.29, 1.82) is 0 Å². The molecule has 18 heavy (non-hydrogen) atoms. The monoisotopic (exact) mass is 267 g/mol. The molecule has 3 atom stereocenters. The highest BCUT2D eigenvalue weighted by Crippen LogP contribution is 2.63. The quantitative estimate of drug-likeness (QED) is 0.773. The van der Waals surface area contributed by atoms with Crippen molar-refractivity contribution in [2.75, 3.05) is 6.16 Å². The molecule has 4 heteroatoms. The molecule has 2 rings (SSSR count). The van der Waals surface area contributed by atoms with E-state index in [0.717, 1.165) is 5.56 Å². The van der Waals surface area contributed by atoms with Crippen LogP contribution >= 0.6 is 7.52 Å². The van der Waals surface area contributed by atoms with Crippen LogP contribution in [0.2, 0.25) is 0 Å². The Kier molecular flexibility index (Phi) is 3.96. The van der Waals surface area contributed by atoms with E-state index in [-0.39, 0.29) is 18.2 Å². The van der Waals surface area contributed by atoms with Gasteiger partial charge < -0.3 is 4.52 Å². The Bertz CT molecular complexity index is 446. The molecular formula is C14H22NO2P. The van der Waals surface area contributed by atoms with Gasteiger partial charge in [0.25, 0.3) is 7.52 Å². The average molecular weight is 267 g/mol. The van der Waals surface area contributed by atoms with Gasteiger partial charge >= 0.3 is 0 Å². The van der Waals surface area contributed by atoms with Crippen LogP contribution in [0.3, 0.4) is 0 Å². The fraction of sp³-hybridized carbons (Fsp3) is 0.571. The maximum Gasteiger partial charge on any atom is 0.273 e. The second-order valence-electron chi connectivity index (χ2n) is 5.10. The van der Waals surface area contributed by atoms with Crippen LogP contribution in [0.15, 0.2) is 30.3 Å². The highest BCUT2D eigenvalue weighted by Gasteiger charge is 2.48. The molecule has 100 valence electrons. The van der Waals surface area contributed by atoms with E-state index in [0.29, 0.717) is 6.16 Å². The van der Waals surface area contributed by atoms with Gasteiger partial charge in [0.05, 0.1) is 0 Å². The fourth-order valence-corrected chi connectivity index (χ4v) is 5.40. The van der Waals surface area contributed by atoms with Gasteiger partial charge in [-0.05, 0) is 26.3 Å². The maximum absolute atomic E-state index is 12.9. The molecule has 0 aliphatic carbocycles. The van der Waals surface area contributed by atoms with Crippen LogP contribution in [0.4, 0.5) is 0 Å². The summed E-state index contributed by atoms with van der Waals surface area (Å²) in [5.74, 6) is 0. The minimum absolute atomic E-state index is 0.0839. The van der Waals surface area contributed by atoms with Crippen LogP contribution in [0.5, 0.6) is 0 Å². The Morgan fingerprint density at radius 3 is 2.39 bits per heavy atom. The molecule has 1 aromatic carbocycles. The molecule has 0 aromatic heterocycles. The summed E-state index contributed by atoms with van der Waals surface area (Å²) in [5, 5.41) is 0. The Hall–Kier alpha value is -0.630. The zero-order valence-corrected chi connectivity index (χ0v) is 12.4. The van der Waals surface area contributed by atoms with Gasteiger partial charge in [-0.25, -0.2) is 4.67 Å². The summed E-state index contributed by atoms with van der Waals surface area (Å²) in [7, 11) is -2.66. The smallest absolute Gasteiger partial charge is 0.273 e. The summed E-state index contributed by atoms with van der Waals surface area (Å²) in [5.41, 5.74) is 1.11. The van der Waals surface area contributed by atoms with Crippen molar-refractivity contribution in [3.05, 3.63) is 35.9 Å². The van der Waals surface area contributed by atoms with Crippen LogP contribution in [-0.2, 0) is 9.09 Å². The molecule has 1 saturated heterocycles. The van der Waals surface area contributed by atoms with Crippen LogP contribution in [0, 0.1) is 0 Å². The van der Waals surface area contributed by atoms with E-state index in [9.17, 15) is 4.57 Å². The highest BCUT2D eigenvalue weighted by molar-refractivity contribution is 7.56. The van der Waals surface area contributed by atoms with E-state index >= 15 is 0 Å². The second-order valence-corrected chi connectivity index (χ2v) is 7.68. The van der Waals surface area contributed by atoms with Gasteiger partial charge in [-0.3, -0.25) is 4.57 Å². The lowest BCUT2D eigenvalue weighted by atomic mass is 10.0. The van der Waals surface area contributed by atoms with Crippen molar-refractivity contribution in [2.24, 2.45) is 0 Å². The number of hydrogen-bond acceptors (Lipinski definition) is 2.